The molecule has 0 saturated carbocycles. The van der Waals surface area contributed by atoms with Crippen LogP contribution in [0.15, 0.2) is 24.3 Å². The van der Waals surface area contributed by atoms with Crippen molar-refractivity contribution in [3.05, 3.63) is 35.4 Å². The number of amides is 2. The van der Waals surface area contributed by atoms with Crippen molar-refractivity contribution in [1.82, 2.24) is 10.6 Å². The van der Waals surface area contributed by atoms with Gasteiger partial charge in [0.05, 0.1) is 5.54 Å². The third kappa shape index (κ3) is 5.31. The summed E-state index contributed by atoms with van der Waals surface area (Å²) >= 11 is 0. The van der Waals surface area contributed by atoms with Crippen molar-refractivity contribution >= 4 is 17.8 Å². The molecule has 6 nitrogen and oxygen atoms in total. The van der Waals surface area contributed by atoms with E-state index in [-0.39, 0.29) is 24.7 Å². The van der Waals surface area contributed by atoms with E-state index < -0.39 is 17.0 Å². The highest BCUT2D eigenvalue weighted by Gasteiger charge is 2.38. The smallest absolute Gasteiger partial charge is 0.303 e. The van der Waals surface area contributed by atoms with Crippen LogP contribution in [-0.2, 0) is 19.9 Å². The van der Waals surface area contributed by atoms with E-state index in [0.717, 1.165) is 11.1 Å². The molecule has 1 heterocycles. The lowest BCUT2D eigenvalue weighted by atomic mass is 9.86. The molecule has 1 atom stereocenters. The maximum atomic E-state index is 12.5. The summed E-state index contributed by atoms with van der Waals surface area (Å²) in [5.41, 5.74) is 1.10. The molecule has 1 unspecified atom stereocenters. The number of aliphatic carboxylic acids is 1. The molecule has 0 bridgehead atoms. The number of carboxylic acid groups (broad SMARTS) is 1. The van der Waals surface area contributed by atoms with Gasteiger partial charge in [-0.1, -0.05) is 29.8 Å². The summed E-state index contributed by atoms with van der Waals surface area (Å²) in [4.78, 5) is 35.0. The van der Waals surface area contributed by atoms with Crippen LogP contribution in [0.5, 0.6) is 0 Å². The van der Waals surface area contributed by atoms with Crippen molar-refractivity contribution in [2.75, 3.05) is 0 Å². The van der Waals surface area contributed by atoms with Crippen molar-refractivity contribution in [3.63, 3.8) is 0 Å². The number of hydrogen-bond acceptors (Lipinski definition) is 3. The standard InChI is InChI=1S/C20H28N2O4/c1-14-4-6-15(7-5-14)19(2,3)21-16(23)8-11-20(13-10-18(25)26)12-9-17(24)22-20/h4-7H,8-13H2,1-3H3,(H,21,23)(H,22,24)(H,25,26). The lowest BCUT2D eigenvalue weighted by Crippen LogP contribution is -2.45. The summed E-state index contributed by atoms with van der Waals surface area (Å²) in [6, 6.07) is 8.03. The van der Waals surface area contributed by atoms with Gasteiger partial charge in [-0.3, -0.25) is 14.4 Å². The molecule has 1 aromatic carbocycles. The fourth-order valence-electron chi connectivity index (χ4n) is 3.43. The highest BCUT2D eigenvalue weighted by Crippen LogP contribution is 2.30. The number of aryl methyl sites for hydroxylation is 1. The Morgan fingerprint density at radius 1 is 1.19 bits per heavy atom. The molecule has 1 saturated heterocycles. The van der Waals surface area contributed by atoms with E-state index in [2.05, 4.69) is 10.6 Å². The Hall–Kier alpha value is -2.37. The second-order valence-corrected chi connectivity index (χ2v) is 7.76. The number of carbonyl (C=O) groups excluding carboxylic acids is 2. The molecule has 142 valence electrons. The van der Waals surface area contributed by atoms with Gasteiger partial charge in [-0.05, 0) is 45.6 Å². The first-order valence-corrected chi connectivity index (χ1v) is 9.03. The predicted octanol–water partition coefficient (Wildman–Crippen LogP) is 2.64. The average molecular weight is 360 g/mol. The predicted molar refractivity (Wildman–Crippen MR) is 98.6 cm³/mol. The number of rotatable bonds is 8. The quantitative estimate of drug-likeness (QED) is 0.664. The van der Waals surface area contributed by atoms with Gasteiger partial charge in [0.1, 0.15) is 0 Å². The van der Waals surface area contributed by atoms with Gasteiger partial charge in [0, 0.05) is 24.8 Å². The number of benzene rings is 1. The summed E-state index contributed by atoms with van der Waals surface area (Å²) in [5.74, 6) is -1.07. The minimum absolute atomic E-state index is 0.0171. The molecule has 2 rings (SSSR count). The van der Waals surface area contributed by atoms with Gasteiger partial charge in [0.25, 0.3) is 0 Å². The monoisotopic (exact) mass is 360 g/mol. The van der Waals surface area contributed by atoms with E-state index in [9.17, 15) is 14.4 Å². The van der Waals surface area contributed by atoms with Crippen LogP contribution >= 0.6 is 0 Å². The molecule has 3 N–H and O–H groups in total. The summed E-state index contributed by atoms with van der Waals surface area (Å²) in [5, 5.41) is 14.9. The van der Waals surface area contributed by atoms with Gasteiger partial charge < -0.3 is 15.7 Å². The zero-order valence-corrected chi connectivity index (χ0v) is 15.7. The molecule has 0 aromatic heterocycles. The molecular formula is C20H28N2O4. The Morgan fingerprint density at radius 2 is 1.81 bits per heavy atom. The van der Waals surface area contributed by atoms with Crippen LogP contribution < -0.4 is 10.6 Å². The second-order valence-electron chi connectivity index (χ2n) is 7.76. The number of carboxylic acids is 1. The molecule has 1 aliphatic heterocycles. The third-order valence-electron chi connectivity index (χ3n) is 5.11. The second kappa shape index (κ2) is 7.89. The Morgan fingerprint density at radius 3 is 2.35 bits per heavy atom. The minimum Gasteiger partial charge on any atom is -0.481 e. The Bertz CT molecular complexity index is 682. The van der Waals surface area contributed by atoms with Gasteiger partial charge in [-0.25, -0.2) is 0 Å². The van der Waals surface area contributed by atoms with E-state index in [1.54, 1.807) is 0 Å². The summed E-state index contributed by atoms with van der Waals surface area (Å²) in [7, 11) is 0. The third-order valence-corrected chi connectivity index (χ3v) is 5.11. The van der Waals surface area contributed by atoms with Gasteiger partial charge in [-0.2, -0.15) is 0 Å². The first kappa shape index (κ1) is 19.9. The fourth-order valence-corrected chi connectivity index (χ4v) is 3.43. The van der Waals surface area contributed by atoms with E-state index in [0.29, 0.717) is 25.7 Å². The van der Waals surface area contributed by atoms with Crippen molar-refractivity contribution in [2.45, 2.75) is 70.4 Å². The number of carbonyl (C=O) groups is 3. The van der Waals surface area contributed by atoms with Crippen LogP contribution in [0.2, 0.25) is 0 Å². The van der Waals surface area contributed by atoms with Gasteiger partial charge in [0.2, 0.25) is 11.8 Å². The number of hydrogen-bond donors (Lipinski definition) is 3. The summed E-state index contributed by atoms with van der Waals surface area (Å²) in [6.45, 7) is 5.92. The van der Waals surface area contributed by atoms with Gasteiger partial charge in [0.15, 0.2) is 0 Å². The highest BCUT2D eigenvalue weighted by molar-refractivity contribution is 5.80. The average Bonchev–Trinajstić information content (AvgIpc) is 2.93. The Labute approximate surface area is 154 Å². The van der Waals surface area contributed by atoms with E-state index in [4.69, 9.17) is 5.11 Å². The van der Waals surface area contributed by atoms with E-state index >= 15 is 0 Å². The zero-order chi connectivity index (χ0) is 19.4. The molecule has 0 spiro atoms. The Balaban J connectivity index is 1.96. The van der Waals surface area contributed by atoms with Crippen LogP contribution in [0.1, 0.15) is 63.5 Å². The first-order valence-electron chi connectivity index (χ1n) is 9.03. The zero-order valence-electron chi connectivity index (χ0n) is 15.7. The Kier molecular flexibility index (Phi) is 6.05. The van der Waals surface area contributed by atoms with E-state index in [1.165, 1.54) is 0 Å². The molecular weight excluding hydrogens is 332 g/mol. The SMILES string of the molecule is Cc1ccc(C(C)(C)NC(=O)CCC2(CCC(=O)O)CCC(=O)N2)cc1. The first-order chi connectivity index (χ1) is 12.1. The largest absolute Gasteiger partial charge is 0.481 e. The van der Waals surface area contributed by atoms with E-state index in [1.807, 2.05) is 45.0 Å². The van der Waals surface area contributed by atoms with Crippen LogP contribution in [0.4, 0.5) is 0 Å². The molecule has 26 heavy (non-hydrogen) atoms. The molecule has 1 aromatic rings. The van der Waals surface area contributed by atoms with Crippen LogP contribution in [0, 0.1) is 6.92 Å². The molecule has 1 aliphatic rings. The maximum absolute atomic E-state index is 12.5. The van der Waals surface area contributed by atoms with Crippen molar-refractivity contribution < 1.29 is 19.5 Å². The molecule has 1 fully saturated rings. The van der Waals surface area contributed by atoms with Crippen molar-refractivity contribution in [1.29, 1.82) is 0 Å². The normalized spacial score (nSPS) is 19.9. The minimum atomic E-state index is -0.893. The van der Waals surface area contributed by atoms with Crippen LogP contribution in [0.25, 0.3) is 0 Å². The fraction of sp³-hybridized carbons (Fsp3) is 0.550. The van der Waals surface area contributed by atoms with Crippen LogP contribution in [0.3, 0.4) is 0 Å². The van der Waals surface area contributed by atoms with Gasteiger partial charge >= 0.3 is 5.97 Å². The van der Waals surface area contributed by atoms with Gasteiger partial charge in [-0.15, -0.1) is 0 Å². The highest BCUT2D eigenvalue weighted by atomic mass is 16.4. The molecule has 0 radical (unpaired) electrons. The summed E-state index contributed by atoms with van der Waals surface area (Å²) in [6.07, 6.45) is 1.99. The van der Waals surface area contributed by atoms with Crippen molar-refractivity contribution in [2.24, 2.45) is 0 Å². The molecule has 6 heteroatoms. The van der Waals surface area contributed by atoms with Crippen LogP contribution in [-0.4, -0.2) is 28.4 Å². The lowest BCUT2D eigenvalue weighted by Gasteiger charge is -2.31. The van der Waals surface area contributed by atoms with Crippen molar-refractivity contribution in [3.8, 4) is 0 Å². The maximum Gasteiger partial charge on any atom is 0.303 e. The summed E-state index contributed by atoms with van der Waals surface area (Å²) < 4.78 is 0. The molecule has 2 amide bonds. The molecule has 0 aliphatic carbocycles. The topological polar surface area (TPSA) is 95.5 Å². The lowest BCUT2D eigenvalue weighted by molar-refractivity contribution is -0.137. The number of nitrogens with one attached hydrogen (secondary N) is 2.